The molecule has 0 radical (unpaired) electrons. The number of rotatable bonds is 3. The molecule has 2 N–H and O–H groups in total. The Balaban J connectivity index is 1.83. The third kappa shape index (κ3) is 2.82. The second kappa shape index (κ2) is 5.35. The van der Waals surface area contributed by atoms with Crippen LogP contribution in [0.3, 0.4) is 0 Å². The minimum Gasteiger partial charge on any atom is -0.324 e. The van der Waals surface area contributed by atoms with Crippen molar-refractivity contribution in [1.82, 2.24) is 4.98 Å². The van der Waals surface area contributed by atoms with Crippen LogP contribution in [0.25, 0.3) is 0 Å². The van der Waals surface area contributed by atoms with Gasteiger partial charge in [-0.05, 0) is 67.1 Å². The highest BCUT2D eigenvalue weighted by Crippen LogP contribution is 2.31. The smallest absolute Gasteiger partial charge is 0.101 e. The van der Waals surface area contributed by atoms with Crippen molar-refractivity contribution in [2.45, 2.75) is 42.1 Å². The molecule has 1 heterocycles. The van der Waals surface area contributed by atoms with Gasteiger partial charge in [-0.2, -0.15) is 0 Å². The number of fused-ring (bicyclic) bond motifs is 1. The van der Waals surface area contributed by atoms with E-state index in [1.54, 1.807) is 11.8 Å². The van der Waals surface area contributed by atoms with Gasteiger partial charge in [-0.3, -0.25) is 0 Å². The fraction of sp³-hybridized carbons (Fsp3) is 0.312. The van der Waals surface area contributed by atoms with Gasteiger partial charge in [0.05, 0.1) is 0 Å². The van der Waals surface area contributed by atoms with Gasteiger partial charge in [0.2, 0.25) is 0 Å². The maximum absolute atomic E-state index is 5.91. The molecule has 1 aromatic carbocycles. The molecule has 0 spiro atoms. The maximum atomic E-state index is 5.91. The van der Waals surface area contributed by atoms with Crippen LogP contribution >= 0.6 is 11.8 Å². The zero-order valence-corrected chi connectivity index (χ0v) is 11.9. The summed E-state index contributed by atoms with van der Waals surface area (Å²) >= 11 is 1.72. The van der Waals surface area contributed by atoms with E-state index in [4.69, 9.17) is 5.73 Å². The van der Waals surface area contributed by atoms with Crippen LogP contribution in [0.2, 0.25) is 0 Å². The Morgan fingerprint density at radius 2 is 2.00 bits per heavy atom. The van der Waals surface area contributed by atoms with E-state index < -0.39 is 0 Å². The number of pyridine rings is 1. The Morgan fingerprint density at radius 1 is 1.16 bits per heavy atom. The van der Waals surface area contributed by atoms with E-state index in [0.717, 1.165) is 10.6 Å². The van der Waals surface area contributed by atoms with Crippen molar-refractivity contribution in [1.29, 1.82) is 0 Å². The number of nitrogens with zero attached hydrogens (tertiary/aromatic N) is 1. The van der Waals surface area contributed by atoms with Gasteiger partial charge < -0.3 is 5.73 Å². The second-order valence-electron chi connectivity index (χ2n) is 5.10. The summed E-state index contributed by atoms with van der Waals surface area (Å²) in [5.74, 6) is 0. The number of benzene rings is 1. The summed E-state index contributed by atoms with van der Waals surface area (Å²) in [6, 6.07) is 10.9. The quantitative estimate of drug-likeness (QED) is 0.923. The number of aryl methyl sites for hydroxylation is 2. The summed E-state index contributed by atoms with van der Waals surface area (Å²) in [5, 5.41) is 1.02. The van der Waals surface area contributed by atoms with Crippen molar-refractivity contribution in [3.05, 3.63) is 53.2 Å². The molecule has 0 saturated carbocycles. The third-order valence-corrected chi connectivity index (χ3v) is 4.50. The van der Waals surface area contributed by atoms with Crippen molar-refractivity contribution in [3.63, 3.8) is 0 Å². The fourth-order valence-electron chi connectivity index (χ4n) is 2.50. The van der Waals surface area contributed by atoms with E-state index in [1.807, 2.05) is 19.2 Å². The topological polar surface area (TPSA) is 38.9 Å². The fourth-order valence-corrected chi connectivity index (χ4v) is 3.38. The van der Waals surface area contributed by atoms with Crippen LogP contribution in [0, 0.1) is 0 Å². The molecule has 3 rings (SSSR count). The van der Waals surface area contributed by atoms with E-state index in [-0.39, 0.29) is 6.04 Å². The molecule has 1 atom stereocenters. The SMILES string of the molecule is C[C@@H](N)c1ccnc(Sc2ccc3c(c2)CCC3)c1. The average Bonchev–Trinajstić information content (AvgIpc) is 2.86. The molecule has 98 valence electrons. The predicted octanol–water partition coefficient (Wildman–Crippen LogP) is 3.74. The summed E-state index contributed by atoms with van der Waals surface area (Å²) in [6.45, 7) is 2.00. The number of hydrogen-bond donors (Lipinski definition) is 1. The Morgan fingerprint density at radius 3 is 2.84 bits per heavy atom. The summed E-state index contributed by atoms with van der Waals surface area (Å²) < 4.78 is 0. The molecule has 1 aliphatic rings. The van der Waals surface area contributed by atoms with Crippen LogP contribution in [-0.4, -0.2) is 4.98 Å². The molecule has 1 aliphatic carbocycles. The molecule has 0 fully saturated rings. The minimum absolute atomic E-state index is 0.0578. The molecule has 0 saturated heterocycles. The molecule has 3 heteroatoms. The summed E-state index contributed by atoms with van der Waals surface area (Å²) in [6.07, 6.45) is 5.59. The number of hydrogen-bond acceptors (Lipinski definition) is 3. The van der Waals surface area contributed by atoms with Crippen LogP contribution < -0.4 is 5.73 Å². The van der Waals surface area contributed by atoms with Gasteiger partial charge in [-0.25, -0.2) is 4.98 Å². The van der Waals surface area contributed by atoms with Gasteiger partial charge in [0.15, 0.2) is 0 Å². The van der Waals surface area contributed by atoms with Crippen molar-refractivity contribution in [2.75, 3.05) is 0 Å². The standard InChI is InChI=1S/C16H18N2S/c1-11(17)13-7-8-18-16(10-13)19-15-6-5-12-3-2-4-14(12)9-15/h5-11H,2-4,17H2,1H3/t11-/m1/s1. The predicted molar refractivity (Wildman–Crippen MR) is 79.4 cm³/mol. The lowest BCUT2D eigenvalue weighted by Gasteiger charge is -2.08. The molecule has 1 aromatic heterocycles. The van der Waals surface area contributed by atoms with Crippen molar-refractivity contribution in [2.24, 2.45) is 5.73 Å². The van der Waals surface area contributed by atoms with Crippen LogP contribution in [0.5, 0.6) is 0 Å². The first-order valence-electron chi connectivity index (χ1n) is 6.73. The van der Waals surface area contributed by atoms with Crippen LogP contribution in [0.4, 0.5) is 0 Å². The molecule has 0 bridgehead atoms. The zero-order chi connectivity index (χ0) is 13.2. The normalized spacial score (nSPS) is 15.3. The summed E-state index contributed by atoms with van der Waals surface area (Å²) in [7, 11) is 0. The van der Waals surface area contributed by atoms with Gasteiger partial charge in [-0.15, -0.1) is 0 Å². The van der Waals surface area contributed by atoms with Gasteiger partial charge in [0, 0.05) is 17.1 Å². The lowest BCUT2D eigenvalue weighted by atomic mass is 10.1. The van der Waals surface area contributed by atoms with Gasteiger partial charge >= 0.3 is 0 Å². The summed E-state index contributed by atoms with van der Waals surface area (Å²) in [4.78, 5) is 5.69. The Bertz CT molecular complexity index is 593. The molecule has 19 heavy (non-hydrogen) atoms. The van der Waals surface area contributed by atoms with E-state index in [0.29, 0.717) is 0 Å². The van der Waals surface area contributed by atoms with Gasteiger partial charge in [0.25, 0.3) is 0 Å². The van der Waals surface area contributed by atoms with Crippen molar-refractivity contribution < 1.29 is 0 Å². The lowest BCUT2D eigenvalue weighted by molar-refractivity contribution is 0.808. The Hall–Kier alpha value is -1.32. The van der Waals surface area contributed by atoms with Crippen LogP contribution in [0.1, 0.15) is 36.1 Å². The first-order chi connectivity index (χ1) is 9.22. The molecule has 2 aromatic rings. The maximum Gasteiger partial charge on any atom is 0.101 e. The molecular formula is C16H18N2S. The average molecular weight is 270 g/mol. The van der Waals surface area contributed by atoms with Crippen LogP contribution in [0.15, 0.2) is 46.5 Å². The largest absolute Gasteiger partial charge is 0.324 e. The molecule has 0 amide bonds. The molecule has 0 unspecified atom stereocenters. The Labute approximate surface area is 118 Å². The Kier molecular flexibility index (Phi) is 3.58. The van der Waals surface area contributed by atoms with Crippen molar-refractivity contribution >= 4 is 11.8 Å². The van der Waals surface area contributed by atoms with Crippen molar-refractivity contribution in [3.8, 4) is 0 Å². The summed E-state index contributed by atoms with van der Waals surface area (Å²) in [5.41, 5.74) is 10.1. The number of nitrogens with two attached hydrogens (primary N) is 1. The molecule has 0 aliphatic heterocycles. The first-order valence-corrected chi connectivity index (χ1v) is 7.55. The number of aromatic nitrogens is 1. The van der Waals surface area contributed by atoms with E-state index in [1.165, 1.54) is 35.3 Å². The lowest BCUT2D eigenvalue weighted by Crippen LogP contribution is -2.04. The van der Waals surface area contributed by atoms with E-state index in [2.05, 4.69) is 29.2 Å². The highest BCUT2D eigenvalue weighted by molar-refractivity contribution is 7.99. The molecule has 2 nitrogen and oxygen atoms in total. The first kappa shape index (κ1) is 12.7. The highest BCUT2D eigenvalue weighted by Gasteiger charge is 2.11. The van der Waals surface area contributed by atoms with Gasteiger partial charge in [0.1, 0.15) is 5.03 Å². The zero-order valence-electron chi connectivity index (χ0n) is 11.1. The van der Waals surface area contributed by atoms with Crippen LogP contribution in [-0.2, 0) is 12.8 Å². The van der Waals surface area contributed by atoms with E-state index in [9.17, 15) is 0 Å². The monoisotopic (exact) mass is 270 g/mol. The molecular weight excluding hydrogens is 252 g/mol. The van der Waals surface area contributed by atoms with Gasteiger partial charge in [-0.1, -0.05) is 17.8 Å². The highest BCUT2D eigenvalue weighted by atomic mass is 32.2. The van der Waals surface area contributed by atoms with E-state index >= 15 is 0 Å². The minimum atomic E-state index is 0.0578. The second-order valence-corrected chi connectivity index (χ2v) is 6.20. The third-order valence-electron chi connectivity index (χ3n) is 3.58.